The third-order valence-electron chi connectivity index (χ3n) is 4.14. The van der Waals surface area contributed by atoms with Gasteiger partial charge in [-0.3, -0.25) is 4.79 Å². The molecule has 1 aromatic heterocycles. The van der Waals surface area contributed by atoms with Gasteiger partial charge in [0.25, 0.3) is 5.91 Å². The van der Waals surface area contributed by atoms with E-state index in [0.717, 1.165) is 33.8 Å². The summed E-state index contributed by atoms with van der Waals surface area (Å²) in [5, 5.41) is 6.08. The molecule has 2 aromatic carbocycles. The number of aromatic nitrogens is 1. The number of aryl methyl sites for hydroxylation is 3. The number of benzene rings is 2. The van der Waals surface area contributed by atoms with E-state index in [0.29, 0.717) is 6.54 Å². The molecule has 1 amide bonds. The van der Waals surface area contributed by atoms with Crippen LogP contribution in [-0.4, -0.2) is 17.4 Å². The van der Waals surface area contributed by atoms with Gasteiger partial charge in [-0.15, -0.1) is 11.3 Å². The predicted octanol–water partition coefficient (Wildman–Crippen LogP) is 4.71. The Morgan fingerprint density at radius 3 is 2.48 bits per heavy atom. The fraction of sp³-hybridized carbons (Fsp3) is 0.238. The molecule has 0 saturated carbocycles. The van der Waals surface area contributed by atoms with Gasteiger partial charge in [0, 0.05) is 29.5 Å². The minimum atomic E-state index is -0.0218. The van der Waals surface area contributed by atoms with Crippen LogP contribution in [0.5, 0.6) is 0 Å². The summed E-state index contributed by atoms with van der Waals surface area (Å²) in [5.41, 5.74) is 6.31. The first kappa shape index (κ1) is 17.4. The van der Waals surface area contributed by atoms with Gasteiger partial charge in [-0.1, -0.05) is 47.5 Å². The van der Waals surface area contributed by atoms with E-state index >= 15 is 0 Å². The van der Waals surface area contributed by atoms with E-state index < -0.39 is 0 Å². The number of rotatable bonds is 5. The Kier molecular flexibility index (Phi) is 5.29. The van der Waals surface area contributed by atoms with Crippen LogP contribution in [0.25, 0.3) is 10.6 Å². The highest BCUT2D eigenvalue weighted by Crippen LogP contribution is 2.24. The Morgan fingerprint density at radius 2 is 1.76 bits per heavy atom. The molecule has 128 valence electrons. The summed E-state index contributed by atoms with van der Waals surface area (Å²) in [7, 11) is 0. The van der Waals surface area contributed by atoms with Crippen molar-refractivity contribution in [1.29, 1.82) is 0 Å². The zero-order valence-corrected chi connectivity index (χ0v) is 15.6. The lowest BCUT2D eigenvalue weighted by molar-refractivity contribution is 0.0953. The topological polar surface area (TPSA) is 42.0 Å². The number of amides is 1. The zero-order valence-electron chi connectivity index (χ0n) is 14.8. The maximum absolute atomic E-state index is 12.3. The molecule has 0 aliphatic heterocycles. The van der Waals surface area contributed by atoms with Crippen molar-refractivity contribution in [3.05, 3.63) is 75.8 Å². The van der Waals surface area contributed by atoms with Gasteiger partial charge in [0.15, 0.2) is 0 Å². The molecule has 1 heterocycles. The van der Waals surface area contributed by atoms with Crippen molar-refractivity contribution in [2.45, 2.75) is 27.2 Å². The third-order valence-corrected chi connectivity index (χ3v) is 5.08. The van der Waals surface area contributed by atoms with E-state index in [9.17, 15) is 4.79 Å². The largest absolute Gasteiger partial charge is 0.352 e. The Hall–Kier alpha value is -2.46. The van der Waals surface area contributed by atoms with E-state index in [-0.39, 0.29) is 5.91 Å². The van der Waals surface area contributed by atoms with Crippen molar-refractivity contribution in [2.75, 3.05) is 6.54 Å². The Morgan fingerprint density at radius 1 is 1.04 bits per heavy atom. The minimum absolute atomic E-state index is 0.0218. The molecule has 1 N–H and O–H groups in total. The second-order valence-corrected chi connectivity index (χ2v) is 7.19. The number of carbonyl (C=O) groups excluding carboxylic acids is 1. The maximum atomic E-state index is 12.3. The van der Waals surface area contributed by atoms with Crippen LogP contribution in [0.1, 0.15) is 32.7 Å². The number of nitrogens with one attached hydrogen (secondary N) is 1. The number of thiazole rings is 1. The molecule has 0 aliphatic rings. The van der Waals surface area contributed by atoms with Crippen LogP contribution in [0.3, 0.4) is 0 Å². The normalized spacial score (nSPS) is 10.7. The van der Waals surface area contributed by atoms with Gasteiger partial charge in [-0.2, -0.15) is 0 Å². The highest BCUT2D eigenvalue weighted by atomic mass is 32.1. The van der Waals surface area contributed by atoms with Crippen LogP contribution in [-0.2, 0) is 6.42 Å². The average Bonchev–Trinajstić information content (AvgIpc) is 3.04. The highest BCUT2D eigenvalue weighted by Gasteiger charge is 2.09. The standard InChI is InChI=1S/C21H22N2OS/c1-14-4-7-17(8-5-14)21-23-18(13-25-21)10-11-22-20(24)19-9-6-15(2)12-16(19)3/h4-9,12-13H,10-11H2,1-3H3,(H,22,24). The first-order chi connectivity index (χ1) is 12.0. The smallest absolute Gasteiger partial charge is 0.251 e. The first-order valence-corrected chi connectivity index (χ1v) is 9.28. The molecule has 3 aromatic rings. The Bertz CT molecular complexity index is 881. The van der Waals surface area contributed by atoms with Gasteiger partial charge in [0.2, 0.25) is 0 Å². The minimum Gasteiger partial charge on any atom is -0.352 e. The maximum Gasteiger partial charge on any atom is 0.251 e. The molecule has 3 nitrogen and oxygen atoms in total. The SMILES string of the molecule is Cc1ccc(-c2nc(CCNC(=O)c3ccc(C)cc3C)cs2)cc1. The molecule has 0 radical (unpaired) electrons. The van der Waals surface area contributed by atoms with Crippen LogP contribution >= 0.6 is 11.3 Å². The van der Waals surface area contributed by atoms with Gasteiger partial charge < -0.3 is 5.32 Å². The van der Waals surface area contributed by atoms with Gasteiger partial charge >= 0.3 is 0 Å². The quantitative estimate of drug-likeness (QED) is 0.724. The van der Waals surface area contributed by atoms with Crippen LogP contribution < -0.4 is 5.32 Å². The summed E-state index contributed by atoms with van der Waals surface area (Å²) in [6.07, 6.45) is 0.735. The monoisotopic (exact) mass is 350 g/mol. The summed E-state index contributed by atoms with van der Waals surface area (Å²) < 4.78 is 0. The fourth-order valence-electron chi connectivity index (χ4n) is 2.72. The predicted molar refractivity (Wildman–Crippen MR) is 104 cm³/mol. The highest BCUT2D eigenvalue weighted by molar-refractivity contribution is 7.13. The molecule has 0 fully saturated rings. The molecule has 0 unspecified atom stereocenters. The van der Waals surface area contributed by atoms with Gasteiger partial charge in [0.1, 0.15) is 5.01 Å². The van der Waals surface area contributed by atoms with E-state index in [2.05, 4.69) is 46.9 Å². The van der Waals surface area contributed by atoms with Crippen LogP contribution in [0.2, 0.25) is 0 Å². The molecule has 0 saturated heterocycles. The summed E-state index contributed by atoms with van der Waals surface area (Å²) in [4.78, 5) is 17.0. The molecular formula is C21H22N2OS. The summed E-state index contributed by atoms with van der Waals surface area (Å²) in [6.45, 7) is 6.66. The van der Waals surface area contributed by atoms with Crippen molar-refractivity contribution in [2.24, 2.45) is 0 Å². The molecule has 25 heavy (non-hydrogen) atoms. The average molecular weight is 350 g/mol. The van der Waals surface area contributed by atoms with Crippen molar-refractivity contribution in [3.63, 3.8) is 0 Å². The summed E-state index contributed by atoms with van der Waals surface area (Å²) in [5.74, 6) is -0.0218. The van der Waals surface area contributed by atoms with Gasteiger partial charge in [-0.25, -0.2) is 4.98 Å². The van der Waals surface area contributed by atoms with Crippen LogP contribution in [0.15, 0.2) is 47.8 Å². The lowest BCUT2D eigenvalue weighted by Crippen LogP contribution is -2.26. The molecule has 0 atom stereocenters. The number of carbonyl (C=O) groups is 1. The summed E-state index contributed by atoms with van der Waals surface area (Å²) in [6, 6.07) is 14.3. The van der Waals surface area contributed by atoms with Crippen molar-refractivity contribution < 1.29 is 4.79 Å². The fourth-order valence-corrected chi connectivity index (χ4v) is 3.58. The molecule has 0 bridgehead atoms. The second kappa shape index (κ2) is 7.62. The zero-order chi connectivity index (χ0) is 17.8. The van der Waals surface area contributed by atoms with Crippen molar-refractivity contribution >= 4 is 17.2 Å². The second-order valence-electron chi connectivity index (χ2n) is 6.33. The first-order valence-electron chi connectivity index (χ1n) is 8.40. The third kappa shape index (κ3) is 4.34. The number of hydrogen-bond donors (Lipinski definition) is 1. The molecule has 0 aliphatic carbocycles. The summed E-state index contributed by atoms with van der Waals surface area (Å²) >= 11 is 1.64. The molecular weight excluding hydrogens is 328 g/mol. The van der Waals surface area contributed by atoms with Crippen LogP contribution in [0, 0.1) is 20.8 Å². The van der Waals surface area contributed by atoms with E-state index in [1.807, 2.05) is 32.0 Å². The van der Waals surface area contributed by atoms with Gasteiger partial charge in [-0.05, 0) is 32.4 Å². The van der Waals surface area contributed by atoms with E-state index in [1.165, 1.54) is 11.1 Å². The molecule has 0 spiro atoms. The molecule has 4 heteroatoms. The van der Waals surface area contributed by atoms with Gasteiger partial charge in [0.05, 0.1) is 5.69 Å². The lowest BCUT2D eigenvalue weighted by Gasteiger charge is -2.07. The Balaban J connectivity index is 1.57. The van der Waals surface area contributed by atoms with Crippen molar-refractivity contribution in [3.8, 4) is 10.6 Å². The van der Waals surface area contributed by atoms with E-state index in [4.69, 9.17) is 0 Å². The van der Waals surface area contributed by atoms with E-state index in [1.54, 1.807) is 11.3 Å². The number of hydrogen-bond acceptors (Lipinski definition) is 3. The lowest BCUT2D eigenvalue weighted by atomic mass is 10.1. The Labute approximate surface area is 152 Å². The van der Waals surface area contributed by atoms with Crippen molar-refractivity contribution in [1.82, 2.24) is 10.3 Å². The number of nitrogens with zero attached hydrogens (tertiary/aromatic N) is 1. The van der Waals surface area contributed by atoms with Crippen LogP contribution in [0.4, 0.5) is 0 Å². The molecule has 3 rings (SSSR count).